The van der Waals surface area contributed by atoms with Crippen LogP contribution in [0, 0.1) is 0 Å². The van der Waals surface area contributed by atoms with E-state index in [0.717, 1.165) is 52.6 Å². The fraction of sp³-hybridized carbons (Fsp3) is 0.500. The molecule has 0 radical (unpaired) electrons. The molecule has 0 bridgehead atoms. The number of thiazole rings is 2. The number of aromatic nitrogens is 2. The highest BCUT2D eigenvalue weighted by molar-refractivity contribution is 7.09. The highest BCUT2D eigenvalue weighted by Gasteiger charge is 2.27. The van der Waals surface area contributed by atoms with Gasteiger partial charge in [-0.3, -0.25) is 9.78 Å². The van der Waals surface area contributed by atoms with Crippen molar-refractivity contribution in [1.82, 2.24) is 35.7 Å². The zero-order valence-electron chi connectivity index (χ0n) is 33.0. The minimum atomic E-state index is -0.744. The van der Waals surface area contributed by atoms with Gasteiger partial charge >= 0.3 is 12.1 Å². The number of hydrogen-bond donors (Lipinski definition) is 3. The van der Waals surface area contributed by atoms with Gasteiger partial charge in [0.15, 0.2) is 0 Å². The van der Waals surface area contributed by atoms with Gasteiger partial charge in [0.1, 0.15) is 12.6 Å². The molecule has 55 heavy (non-hydrogen) atoms. The Balaban J connectivity index is 1.50. The van der Waals surface area contributed by atoms with Gasteiger partial charge in [-0.2, -0.15) is 0 Å². The van der Waals surface area contributed by atoms with Gasteiger partial charge in [0.05, 0.1) is 27.6 Å². The minimum absolute atomic E-state index is 0.153. The standard InChI is InChI=1S/C42H59N7O4S2/c1-6-21-49(22-7-2)23-20-38(47-41(51)48(5)27-36-29-54-40(45-36)31(3)4)39(50)44-34(24-32-14-10-8-11-15-32)18-19-35(25-33-16-12-9-13-17-33)46-42(52)53-28-37-26-43-30-55-37/h8-17,26,29-31,34-35,38H,6-7,18-25,27-28H2,1-5H3,(H,44,50)(H,46,52)(H,47,51)/t34-,35-,38+/m1/s1. The maximum Gasteiger partial charge on any atom is 0.407 e. The van der Waals surface area contributed by atoms with E-state index in [0.29, 0.717) is 51.1 Å². The fourth-order valence-corrected chi connectivity index (χ4v) is 7.73. The van der Waals surface area contributed by atoms with Crippen molar-refractivity contribution < 1.29 is 19.1 Å². The van der Waals surface area contributed by atoms with Gasteiger partial charge in [0.2, 0.25) is 5.91 Å². The van der Waals surface area contributed by atoms with Crippen LogP contribution in [0.2, 0.25) is 0 Å². The summed E-state index contributed by atoms with van der Waals surface area (Å²) in [7, 11) is 1.74. The zero-order chi connectivity index (χ0) is 39.4. The van der Waals surface area contributed by atoms with Crippen molar-refractivity contribution >= 4 is 40.7 Å². The zero-order valence-corrected chi connectivity index (χ0v) is 34.7. The number of alkyl carbamates (subject to hydrolysis) is 1. The third-order valence-corrected chi connectivity index (χ3v) is 11.2. The second-order valence-electron chi connectivity index (χ2n) is 14.4. The van der Waals surface area contributed by atoms with E-state index >= 15 is 0 Å². The van der Waals surface area contributed by atoms with Crippen molar-refractivity contribution in [2.45, 2.75) is 110 Å². The monoisotopic (exact) mass is 789 g/mol. The number of nitrogens with one attached hydrogen (secondary N) is 3. The van der Waals surface area contributed by atoms with Gasteiger partial charge in [-0.25, -0.2) is 14.6 Å². The molecule has 13 heteroatoms. The summed E-state index contributed by atoms with van der Waals surface area (Å²) in [5.74, 6) is 0.0966. The van der Waals surface area contributed by atoms with Gasteiger partial charge in [-0.1, -0.05) is 88.4 Å². The summed E-state index contributed by atoms with van der Waals surface area (Å²) in [5.41, 5.74) is 4.72. The van der Waals surface area contributed by atoms with Gasteiger partial charge in [0, 0.05) is 43.2 Å². The molecule has 3 atom stereocenters. The van der Waals surface area contributed by atoms with Crippen LogP contribution in [0.1, 0.15) is 92.4 Å². The summed E-state index contributed by atoms with van der Waals surface area (Å²) >= 11 is 3.03. The molecule has 2 heterocycles. The first kappa shape index (κ1) is 43.4. The molecule has 2 aromatic heterocycles. The Morgan fingerprint density at radius 2 is 1.42 bits per heavy atom. The van der Waals surface area contributed by atoms with E-state index < -0.39 is 12.1 Å². The summed E-state index contributed by atoms with van der Waals surface area (Å²) in [6.45, 7) is 11.6. The van der Waals surface area contributed by atoms with Crippen LogP contribution in [0.4, 0.5) is 9.59 Å². The maximum atomic E-state index is 14.3. The number of nitrogens with zero attached hydrogens (tertiary/aromatic N) is 4. The molecule has 4 rings (SSSR count). The van der Waals surface area contributed by atoms with E-state index in [1.165, 1.54) is 11.3 Å². The first-order valence-electron chi connectivity index (χ1n) is 19.5. The van der Waals surface area contributed by atoms with Crippen LogP contribution in [0.5, 0.6) is 0 Å². The van der Waals surface area contributed by atoms with Gasteiger partial charge in [0.25, 0.3) is 0 Å². The fourth-order valence-electron chi connectivity index (χ4n) is 6.39. The van der Waals surface area contributed by atoms with E-state index in [2.05, 4.69) is 65.7 Å². The topological polar surface area (TPSA) is 129 Å². The molecular weight excluding hydrogens is 731 g/mol. The number of rotatable bonds is 23. The number of ether oxygens (including phenoxy) is 1. The Kier molecular flexibility index (Phi) is 18.6. The van der Waals surface area contributed by atoms with Crippen molar-refractivity contribution in [3.05, 3.63) is 104 Å². The summed E-state index contributed by atoms with van der Waals surface area (Å²) < 4.78 is 5.54. The maximum absolute atomic E-state index is 14.3. The van der Waals surface area contributed by atoms with E-state index in [9.17, 15) is 14.4 Å². The van der Waals surface area contributed by atoms with E-state index in [1.54, 1.807) is 35.0 Å². The molecule has 4 aromatic rings. The number of urea groups is 1. The molecular formula is C42H59N7O4S2. The van der Waals surface area contributed by atoms with Crippen molar-refractivity contribution in [3.63, 3.8) is 0 Å². The molecule has 0 fully saturated rings. The Labute approximate surface area is 335 Å². The molecule has 11 nitrogen and oxygen atoms in total. The average molecular weight is 790 g/mol. The van der Waals surface area contributed by atoms with Crippen molar-refractivity contribution in [2.75, 3.05) is 26.7 Å². The molecule has 0 unspecified atom stereocenters. The van der Waals surface area contributed by atoms with Gasteiger partial charge < -0.3 is 30.5 Å². The summed E-state index contributed by atoms with van der Waals surface area (Å²) in [6, 6.07) is 18.5. The predicted molar refractivity (Wildman–Crippen MR) is 222 cm³/mol. The molecule has 0 spiro atoms. The number of benzene rings is 2. The van der Waals surface area contributed by atoms with Crippen molar-refractivity contribution in [2.24, 2.45) is 0 Å². The van der Waals surface area contributed by atoms with Crippen LogP contribution in [0.3, 0.4) is 0 Å². The van der Waals surface area contributed by atoms with Crippen molar-refractivity contribution in [3.8, 4) is 0 Å². The number of amides is 4. The first-order valence-corrected chi connectivity index (χ1v) is 21.3. The van der Waals surface area contributed by atoms with E-state index in [4.69, 9.17) is 9.72 Å². The van der Waals surface area contributed by atoms with Crippen LogP contribution in [0.15, 0.2) is 77.8 Å². The van der Waals surface area contributed by atoms with E-state index in [1.807, 2.05) is 53.9 Å². The van der Waals surface area contributed by atoms with E-state index in [-0.39, 0.29) is 30.6 Å². The molecule has 0 saturated heterocycles. The van der Waals surface area contributed by atoms with Crippen LogP contribution in [-0.4, -0.2) is 82.6 Å². The van der Waals surface area contributed by atoms with Gasteiger partial charge in [-0.15, -0.1) is 22.7 Å². The Hall–Kier alpha value is -4.33. The second kappa shape index (κ2) is 23.6. The highest BCUT2D eigenvalue weighted by Crippen LogP contribution is 2.20. The molecule has 0 aliphatic carbocycles. The third-order valence-electron chi connectivity index (χ3n) is 9.25. The molecule has 0 aliphatic heterocycles. The minimum Gasteiger partial charge on any atom is -0.444 e. The summed E-state index contributed by atoms with van der Waals surface area (Å²) in [6.07, 6.45) is 6.08. The normalized spacial score (nSPS) is 12.9. The second-order valence-corrected chi connectivity index (χ2v) is 16.2. The third kappa shape index (κ3) is 15.7. The van der Waals surface area contributed by atoms with Crippen LogP contribution in [-0.2, 0) is 35.5 Å². The molecule has 2 aromatic carbocycles. The van der Waals surface area contributed by atoms with Crippen molar-refractivity contribution in [1.29, 1.82) is 0 Å². The number of carbonyl (C=O) groups is 3. The highest BCUT2D eigenvalue weighted by atomic mass is 32.1. The molecule has 298 valence electrons. The number of carbonyl (C=O) groups excluding carboxylic acids is 3. The largest absolute Gasteiger partial charge is 0.444 e. The van der Waals surface area contributed by atoms with Crippen LogP contribution >= 0.6 is 22.7 Å². The smallest absolute Gasteiger partial charge is 0.407 e. The quantitative estimate of drug-likeness (QED) is 0.0700. The summed E-state index contributed by atoms with van der Waals surface area (Å²) in [5, 5.41) is 12.5. The lowest BCUT2D eigenvalue weighted by Gasteiger charge is -2.29. The SMILES string of the molecule is CCCN(CCC)CC[C@H](NC(=O)N(C)Cc1csc(C(C)C)n1)C(=O)N[C@H](CC[C@H](Cc1ccccc1)NC(=O)OCc1cncs1)Cc1ccccc1. The van der Waals surface area contributed by atoms with Crippen LogP contribution in [0.25, 0.3) is 0 Å². The molecule has 0 aliphatic rings. The Morgan fingerprint density at radius 3 is 1.96 bits per heavy atom. The molecule has 3 N–H and O–H groups in total. The molecule has 0 saturated carbocycles. The lowest BCUT2D eigenvalue weighted by molar-refractivity contribution is -0.124. The van der Waals surface area contributed by atoms with Crippen LogP contribution < -0.4 is 16.0 Å². The predicted octanol–water partition coefficient (Wildman–Crippen LogP) is 7.79. The summed E-state index contributed by atoms with van der Waals surface area (Å²) in [4.78, 5) is 54.5. The Morgan fingerprint density at radius 1 is 0.800 bits per heavy atom. The number of hydrogen-bond acceptors (Lipinski definition) is 9. The average Bonchev–Trinajstić information content (AvgIpc) is 3.88. The Bertz CT molecular complexity index is 1680. The molecule has 4 amide bonds. The lowest BCUT2D eigenvalue weighted by Crippen LogP contribution is -2.53. The first-order chi connectivity index (χ1) is 26.6. The lowest BCUT2D eigenvalue weighted by atomic mass is 9.95. The van der Waals surface area contributed by atoms with Gasteiger partial charge in [-0.05, 0) is 69.2 Å².